The SMILES string of the molecule is C[C@@H]1CCCN(C(=O)c2cnc3c(cnn3Cc3ccccc3)c2)C1. The summed E-state index contributed by atoms with van der Waals surface area (Å²) in [5.74, 6) is 0.653. The van der Waals surface area contributed by atoms with Gasteiger partial charge in [0.05, 0.1) is 18.3 Å². The second-order valence-corrected chi connectivity index (χ2v) is 6.92. The van der Waals surface area contributed by atoms with Crippen molar-refractivity contribution >= 4 is 16.9 Å². The molecule has 0 N–H and O–H groups in total. The first kappa shape index (κ1) is 15.8. The van der Waals surface area contributed by atoms with Crippen LogP contribution in [0, 0.1) is 5.92 Å². The number of benzene rings is 1. The normalized spacial score (nSPS) is 17.8. The maximum absolute atomic E-state index is 12.7. The molecule has 3 heterocycles. The molecule has 1 fully saturated rings. The van der Waals surface area contributed by atoms with Gasteiger partial charge in [0.25, 0.3) is 5.91 Å². The van der Waals surface area contributed by atoms with Gasteiger partial charge >= 0.3 is 0 Å². The fourth-order valence-electron chi connectivity index (χ4n) is 3.52. The van der Waals surface area contributed by atoms with Gasteiger partial charge in [-0.05, 0) is 30.4 Å². The summed E-state index contributed by atoms with van der Waals surface area (Å²) < 4.78 is 1.88. The van der Waals surface area contributed by atoms with Gasteiger partial charge in [-0.15, -0.1) is 0 Å². The number of fused-ring (bicyclic) bond motifs is 1. The molecule has 25 heavy (non-hydrogen) atoms. The molecule has 1 aliphatic rings. The van der Waals surface area contributed by atoms with E-state index in [-0.39, 0.29) is 5.91 Å². The highest BCUT2D eigenvalue weighted by atomic mass is 16.2. The van der Waals surface area contributed by atoms with E-state index in [1.165, 1.54) is 12.0 Å². The van der Waals surface area contributed by atoms with Gasteiger partial charge in [0.15, 0.2) is 5.65 Å². The Balaban J connectivity index is 1.58. The molecule has 1 amide bonds. The van der Waals surface area contributed by atoms with Crippen molar-refractivity contribution in [3.05, 3.63) is 59.9 Å². The van der Waals surface area contributed by atoms with Gasteiger partial charge in [0.1, 0.15) is 0 Å². The molecule has 1 aliphatic heterocycles. The number of carbonyl (C=O) groups excluding carboxylic acids is 1. The lowest BCUT2D eigenvalue weighted by Crippen LogP contribution is -2.39. The molecule has 0 saturated carbocycles. The van der Waals surface area contributed by atoms with Crippen LogP contribution in [0.1, 0.15) is 35.7 Å². The molecule has 4 rings (SSSR count). The molecule has 0 bridgehead atoms. The number of hydrogen-bond donors (Lipinski definition) is 0. The van der Waals surface area contributed by atoms with Crippen molar-refractivity contribution in [1.82, 2.24) is 19.7 Å². The first-order valence-corrected chi connectivity index (χ1v) is 8.85. The minimum Gasteiger partial charge on any atom is -0.338 e. The lowest BCUT2D eigenvalue weighted by atomic mass is 10.00. The summed E-state index contributed by atoms with van der Waals surface area (Å²) in [5, 5.41) is 5.35. The third kappa shape index (κ3) is 3.27. The van der Waals surface area contributed by atoms with Crippen LogP contribution in [0.5, 0.6) is 0 Å². The Hall–Kier alpha value is -2.69. The first-order chi connectivity index (χ1) is 12.2. The predicted octanol–water partition coefficient (Wildman–Crippen LogP) is 3.35. The van der Waals surface area contributed by atoms with Crippen LogP contribution in [0.2, 0.25) is 0 Å². The van der Waals surface area contributed by atoms with E-state index >= 15 is 0 Å². The largest absolute Gasteiger partial charge is 0.338 e. The Morgan fingerprint density at radius 3 is 2.88 bits per heavy atom. The van der Waals surface area contributed by atoms with E-state index in [9.17, 15) is 4.79 Å². The van der Waals surface area contributed by atoms with Crippen LogP contribution in [-0.2, 0) is 6.54 Å². The summed E-state index contributed by atoms with van der Waals surface area (Å²) >= 11 is 0. The van der Waals surface area contributed by atoms with Crippen LogP contribution in [-0.4, -0.2) is 38.7 Å². The standard InChI is InChI=1S/C20H22N4O/c1-15-6-5-9-23(13-15)20(25)18-10-17-12-22-24(19(17)21-11-18)14-16-7-3-2-4-8-16/h2-4,7-8,10-12,15H,5-6,9,13-14H2,1H3/t15-/m1/s1. The summed E-state index contributed by atoms with van der Waals surface area (Å²) in [6, 6.07) is 12.1. The van der Waals surface area contributed by atoms with Gasteiger partial charge in [0.2, 0.25) is 0 Å². The van der Waals surface area contributed by atoms with Crippen molar-refractivity contribution in [2.45, 2.75) is 26.3 Å². The number of pyridine rings is 1. The van der Waals surface area contributed by atoms with Crippen molar-refractivity contribution in [1.29, 1.82) is 0 Å². The first-order valence-electron chi connectivity index (χ1n) is 8.85. The second-order valence-electron chi connectivity index (χ2n) is 6.92. The number of rotatable bonds is 3. The second kappa shape index (κ2) is 6.67. The Bertz CT molecular complexity index is 887. The predicted molar refractivity (Wildman–Crippen MR) is 97.4 cm³/mol. The zero-order valence-electron chi connectivity index (χ0n) is 14.4. The van der Waals surface area contributed by atoms with E-state index in [4.69, 9.17) is 0 Å². The van der Waals surface area contributed by atoms with Gasteiger partial charge in [-0.3, -0.25) is 4.79 Å². The molecule has 0 spiro atoms. The lowest BCUT2D eigenvalue weighted by Gasteiger charge is -2.30. The average molecular weight is 334 g/mol. The van der Waals surface area contributed by atoms with Crippen LogP contribution in [0.3, 0.4) is 0 Å². The van der Waals surface area contributed by atoms with Crippen molar-refractivity contribution in [2.24, 2.45) is 5.92 Å². The highest BCUT2D eigenvalue weighted by Crippen LogP contribution is 2.20. The Morgan fingerprint density at radius 1 is 1.24 bits per heavy atom. The van der Waals surface area contributed by atoms with E-state index in [0.717, 1.165) is 30.5 Å². The molecule has 5 heteroatoms. The van der Waals surface area contributed by atoms with E-state index in [1.54, 1.807) is 12.4 Å². The molecule has 0 radical (unpaired) electrons. The zero-order chi connectivity index (χ0) is 17.2. The van der Waals surface area contributed by atoms with E-state index in [1.807, 2.05) is 33.8 Å². The topological polar surface area (TPSA) is 51.0 Å². The summed E-state index contributed by atoms with van der Waals surface area (Å²) in [5.41, 5.74) is 2.64. The minimum atomic E-state index is 0.0803. The molecule has 128 valence electrons. The fraction of sp³-hybridized carbons (Fsp3) is 0.350. The Kier molecular flexibility index (Phi) is 4.22. The van der Waals surface area contributed by atoms with Crippen molar-refractivity contribution < 1.29 is 4.79 Å². The van der Waals surface area contributed by atoms with Crippen LogP contribution < -0.4 is 0 Å². The van der Waals surface area contributed by atoms with Gasteiger partial charge in [-0.25, -0.2) is 9.67 Å². The average Bonchev–Trinajstić information content (AvgIpc) is 3.04. The molecule has 3 aromatic rings. The molecule has 1 aromatic carbocycles. The smallest absolute Gasteiger partial charge is 0.255 e. The fourth-order valence-corrected chi connectivity index (χ4v) is 3.52. The summed E-state index contributed by atoms with van der Waals surface area (Å²) in [7, 11) is 0. The quantitative estimate of drug-likeness (QED) is 0.738. The van der Waals surface area contributed by atoms with E-state index in [0.29, 0.717) is 18.0 Å². The number of likely N-dealkylation sites (tertiary alicyclic amines) is 1. The van der Waals surface area contributed by atoms with E-state index < -0.39 is 0 Å². The van der Waals surface area contributed by atoms with Crippen molar-refractivity contribution in [3.8, 4) is 0 Å². The number of hydrogen-bond acceptors (Lipinski definition) is 3. The molecule has 0 unspecified atom stereocenters. The van der Waals surface area contributed by atoms with Gasteiger partial charge in [-0.2, -0.15) is 5.10 Å². The number of carbonyl (C=O) groups is 1. The number of aromatic nitrogens is 3. The molecule has 1 atom stereocenters. The molecule has 5 nitrogen and oxygen atoms in total. The van der Waals surface area contributed by atoms with E-state index in [2.05, 4.69) is 29.1 Å². The van der Waals surface area contributed by atoms with Crippen molar-refractivity contribution in [2.75, 3.05) is 13.1 Å². The van der Waals surface area contributed by atoms with Gasteiger partial charge < -0.3 is 4.90 Å². The zero-order valence-corrected chi connectivity index (χ0v) is 14.4. The summed E-state index contributed by atoms with van der Waals surface area (Å²) in [6.07, 6.45) is 5.76. The highest BCUT2D eigenvalue weighted by molar-refractivity contribution is 5.96. The van der Waals surface area contributed by atoms with Gasteiger partial charge in [-0.1, -0.05) is 37.3 Å². The van der Waals surface area contributed by atoms with Crippen LogP contribution in [0.4, 0.5) is 0 Å². The third-order valence-electron chi connectivity index (χ3n) is 4.84. The van der Waals surface area contributed by atoms with Gasteiger partial charge in [0, 0.05) is 24.7 Å². The van der Waals surface area contributed by atoms with Crippen LogP contribution in [0.25, 0.3) is 11.0 Å². The third-order valence-corrected chi connectivity index (χ3v) is 4.84. The van der Waals surface area contributed by atoms with Crippen molar-refractivity contribution in [3.63, 3.8) is 0 Å². The monoisotopic (exact) mass is 334 g/mol. The molecular weight excluding hydrogens is 312 g/mol. The Morgan fingerprint density at radius 2 is 2.08 bits per heavy atom. The lowest BCUT2D eigenvalue weighted by molar-refractivity contribution is 0.0683. The van der Waals surface area contributed by atoms with Crippen LogP contribution >= 0.6 is 0 Å². The maximum Gasteiger partial charge on any atom is 0.255 e. The maximum atomic E-state index is 12.7. The molecule has 0 aliphatic carbocycles. The summed E-state index contributed by atoms with van der Waals surface area (Å²) in [6.45, 7) is 4.56. The highest BCUT2D eigenvalue weighted by Gasteiger charge is 2.22. The minimum absolute atomic E-state index is 0.0803. The molecule has 2 aromatic heterocycles. The summed E-state index contributed by atoms with van der Waals surface area (Å²) in [4.78, 5) is 19.2. The number of amides is 1. The molecular formula is C20H22N4O. The number of nitrogens with zero attached hydrogens (tertiary/aromatic N) is 4. The Labute approximate surface area is 147 Å². The van der Waals surface area contributed by atoms with Crippen LogP contribution in [0.15, 0.2) is 48.8 Å². The molecule has 1 saturated heterocycles. The number of piperidine rings is 1.